The Balaban J connectivity index is 1.23. The molecule has 4 nitrogen and oxygen atoms in total. The van der Waals surface area contributed by atoms with Crippen LogP contribution in [0.2, 0.25) is 0 Å². The molecule has 2 heterocycles. The van der Waals surface area contributed by atoms with Crippen molar-refractivity contribution >= 4 is 21.8 Å². The lowest BCUT2D eigenvalue weighted by Gasteiger charge is -2.32. The van der Waals surface area contributed by atoms with Crippen molar-refractivity contribution < 1.29 is 0 Å². The molecule has 56 heavy (non-hydrogen) atoms. The summed E-state index contributed by atoms with van der Waals surface area (Å²) in [6, 6.07) is 72.9. The molecule has 0 unspecified atom stereocenters. The Kier molecular flexibility index (Phi) is 7.36. The van der Waals surface area contributed by atoms with E-state index in [0.717, 1.165) is 60.9 Å². The van der Waals surface area contributed by atoms with Gasteiger partial charge in [-0.25, -0.2) is 15.0 Å². The summed E-state index contributed by atoms with van der Waals surface area (Å²) in [6.45, 7) is 0. The summed E-state index contributed by atoms with van der Waals surface area (Å²) in [5, 5.41) is 2.25. The third-order valence-corrected chi connectivity index (χ3v) is 11.3. The van der Waals surface area contributed by atoms with Gasteiger partial charge in [0.05, 0.1) is 11.0 Å². The second-order valence-corrected chi connectivity index (χ2v) is 14.3. The minimum Gasteiger partial charge on any atom is -0.309 e. The highest BCUT2D eigenvalue weighted by Gasteiger charge is 2.48. The maximum Gasteiger partial charge on any atom is 0.164 e. The monoisotopic (exact) mass is 714 g/mol. The molecule has 4 heteroatoms. The largest absolute Gasteiger partial charge is 0.309 e. The van der Waals surface area contributed by atoms with E-state index in [9.17, 15) is 0 Å². The lowest BCUT2D eigenvalue weighted by molar-refractivity contribution is 0.692. The molecule has 2 aromatic heterocycles. The van der Waals surface area contributed by atoms with Crippen LogP contribution in [0.5, 0.6) is 0 Å². The van der Waals surface area contributed by atoms with Crippen LogP contribution in [-0.2, 0) is 5.41 Å². The smallest absolute Gasteiger partial charge is 0.164 e. The van der Waals surface area contributed by atoms with Gasteiger partial charge in [0.25, 0.3) is 0 Å². The normalized spacial score (nSPS) is 12.8. The van der Waals surface area contributed by atoms with Gasteiger partial charge in [-0.2, -0.15) is 0 Å². The van der Waals surface area contributed by atoms with Crippen molar-refractivity contribution in [3.63, 3.8) is 0 Å². The molecule has 11 rings (SSSR count). The topological polar surface area (TPSA) is 43.6 Å². The number of nitrogens with zero attached hydrogens (tertiary/aromatic N) is 4. The van der Waals surface area contributed by atoms with Gasteiger partial charge in [-0.1, -0.05) is 182 Å². The zero-order valence-electron chi connectivity index (χ0n) is 30.4. The third kappa shape index (κ3) is 4.83. The summed E-state index contributed by atoms with van der Waals surface area (Å²) in [7, 11) is 0. The van der Waals surface area contributed by atoms with Gasteiger partial charge in [-0.15, -0.1) is 0 Å². The molecule has 0 radical (unpaired) electrons. The SMILES string of the molecule is c1ccc(-c2ccc(-c3nc(-c4cccc5c4c4ccccc4n5-c4ccccc4)nc(C4(c5ccccc5)c5ccccc5-c5ccccc54)n3)cc2)cc1. The number of benzene rings is 8. The van der Waals surface area contributed by atoms with E-state index >= 15 is 0 Å². The molecule has 0 bridgehead atoms. The van der Waals surface area contributed by atoms with Crippen molar-refractivity contribution in [1.82, 2.24) is 19.5 Å². The molecule has 0 atom stereocenters. The highest BCUT2D eigenvalue weighted by atomic mass is 15.1. The predicted octanol–water partition coefficient (Wildman–Crippen LogP) is 12.3. The first kappa shape index (κ1) is 32.0. The van der Waals surface area contributed by atoms with Gasteiger partial charge in [0.15, 0.2) is 17.5 Å². The summed E-state index contributed by atoms with van der Waals surface area (Å²) in [4.78, 5) is 16.5. The summed E-state index contributed by atoms with van der Waals surface area (Å²) in [5.41, 5.74) is 12.5. The fourth-order valence-electron chi connectivity index (χ4n) is 8.90. The maximum absolute atomic E-state index is 5.63. The average Bonchev–Trinajstić information content (AvgIpc) is 3.78. The Morgan fingerprint density at radius 1 is 0.357 bits per heavy atom. The van der Waals surface area contributed by atoms with Gasteiger partial charge in [-0.3, -0.25) is 0 Å². The van der Waals surface area contributed by atoms with Gasteiger partial charge in [0, 0.05) is 27.6 Å². The Bertz CT molecular complexity index is 3010. The number of hydrogen-bond donors (Lipinski definition) is 0. The number of hydrogen-bond acceptors (Lipinski definition) is 3. The van der Waals surface area contributed by atoms with Gasteiger partial charge in [0.2, 0.25) is 0 Å². The van der Waals surface area contributed by atoms with Crippen LogP contribution in [0, 0.1) is 0 Å². The average molecular weight is 715 g/mol. The molecule has 1 aliphatic rings. The van der Waals surface area contributed by atoms with Crippen molar-refractivity contribution in [3.8, 4) is 50.7 Å². The van der Waals surface area contributed by atoms with Crippen molar-refractivity contribution in [3.05, 3.63) is 229 Å². The first-order valence-electron chi connectivity index (χ1n) is 19.0. The van der Waals surface area contributed by atoms with Crippen molar-refractivity contribution in [2.75, 3.05) is 0 Å². The van der Waals surface area contributed by atoms with E-state index in [4.69, 9.17) is 15.0 Å². The van der Waals surface area contributed by atoms with Gasteiger partial charge < -0.3 is 4.57 Å². The third-order valence-electron chi connectivity index (χ3n) is 11.3. The van der Waals surface area contributed by atoms with Crippen LogP contribution in [0.15, 0.2) is 206 Å². The standard InChI is InChI=1S/C52H34N4/c1-4-17-35(18-5-1)36-31-33-37(34-32-36)49-53-50(43-26-16-30-47-48(43)42-25-12-15-29-46(42)56(47)39-21-8-3-9-22-39)55-51(54-49)52(38-19-6-2-7-20-38)44-27-13-10-23-40(44)41-24-11-14-28-45(41)52/h1-34H. The first-order valence-corrected chi connectivity index (χ1v) is 19.0. The van der Waals surface area contributed by atoms with E-state index in [1.165, 1.54) is 16.7 Å². The molecule has 0 N–H and O–H groups in total. The van der Waals surface area contributed by atoms with E-state index in [1.807, 2.05) is 6.07 Å². The Morgan fingerprint density at radius 2 is 0.875 bits per heavy atom. The molecule has 8 aromatic carbocycles. The number of para-hydroxylation sites is 2. The van der Waals surface area contributed by atoms with Crippen LogP contribution in [0.4, 0.5) is 0 Å². The van der Waals surface area contributed by atoms with Gasteiger partial charge in [0.1, 0.15) is 5.41 Å². The molecule has 262 valence electrons. The van der Waals surface area contributed by atoms with Crippen molar-refractivity contribution in [2.45, 2.75) is 5.41 Å². The quantitative estimate of drug-likeness (QED) is 0.172. The van der Waals surface area contributed by atoms with Crippen molar-refractivity contribution in [2.24, 2.45) is 0 Å². The minimum atomic E-state index is -0.795. The van der Waals surface area contributed by atoms with E-state index in [0.29, 0.717) is 17.5 Å². The van der Waals surface area contributed by atoms with Crippen LogP contribution in [0.1, 0.15) is 22.5 Å². The Hall–Kier alpha value is -7.43. The molecular weight excluding hydrogens is 681 g/mol. The molecule has 0 saturated carbocycles. The van der Waals surface area contributed by atoms with E-state index in [-0.39, 0.29) is 0 Å². The van der Waals surface area contributed by atoms with Crippen LogP contribution in [-0.4, -0.2) is 19.5 Å². The number of aromatic nitrogens is 4. The highest BCUT2D eigenvalue weighted by Crippen LogP contribution is 2.55. The molecule has 0 aliphatic heterocycles. The minimum absolute atomic E-state index is 0.630. The van der Waals surface area contributed by atoms with E-state index in [1.54, 1.807) is 0 Å². The fourth-order valence-corrected chi connectivity index (χ4v) is 8.90. The zero-order valence-corrected chi connectivity index (χ0v) is 30.4. The molecule has 0 amide bonds. The van der Waals surface area contributed by atoms with E-state index < -0.39 is 5.41 Å². The molecule has 0 saturated heterocycles. The second-order valence-electron chi connectivity index (χ2n) is 14.3. The second kappa shape index (κ2) is 12.9. The van der Waals surface area contributed by atoms with E-state index in [2.05, 4.69) is 205 Å². The summed E-state index contributed by atoms with van der Waals surface area (Å²) in [6.07, 6.45) is 0. The summed E-state index contributed by atoms with van der Waals surface area (Å²) < 4.78 is 2.34. The zero-order chi connectivity index (χ0) is 37.1. The van der Waals surface area contributed by atoms with Gasteiger partial charge in [-0.05, 0) is 63.2 Å². The summed E-state index contributed by atoms with van der Waals surface area (Å²) in [5.74, 6) is 1.96. The fraction of sp³-hybridized carbons (Fsp3) is 0.0192. The number of fused-ring (bicyclic) bond motifs is 6. The highest BCUT2D eigenvalue weighted by molar-refractivity contribution is 6.15. The predicted molar refractivity (Wildman–Crippen MR) is 228 cm³/mol. The van der Waals surface area contributed by atoms with Gasteiger partial charge >= 0.3 is 0 Å². The van der Waals surface area contributed by atoms with Crippen molar-refractivity contribution in [1.29, 1.82) is 0 Å². The lowest BCUT2D eigenvalue weighted by atomic mass is 9.71. The lowest BCUT2D eigenvalue weighted by Crippen LogP contribution is -2.31. The Labute approximate surface area is 325 Å². The molecule has 0 spiro atoms. The first-order chi connectivity index (χ1) is 27.8. The molecular formula is C52H34N4. The van der Waals surface area contributed by atoms with Crippen LogP contribution in [0.25, 0.3) is 72.5 Å². The summed E-state index contributed by atoms with van der Waals surface area (Å²) >= 11 is 0. The number of rotatable bonds is 6. The molecule has 10 aromatic rings. The van der Waals surface area contributed by atoms with Crippen LogP contribution >= 0.6 is 0 Å². The molecule has 1 aliphatic carbocycles. The molecule has 0 fully saturated rings. The maximum atomic E-state index is 5.63. The Morgan fingerprint density at radius 3 is 1.59 bits per heavy atom. The van der Waals surface area contributed by atoms with Crippen LogP contribution in [0.3, 0.4) is 0 Å². The van der Waals surface area contributed by atoms with Crippen LogP contribution < -0.4 is 0 Å².